The van der Waals surface area contributed by atoms with Crippen molar-refractivity contribution < 1.29 is 8.42 Å². The molecule has 0 aliphatic rings. The second-order valence-corrected chi connectivity index (χ2v) is 8.16. The fourth-order valence-corrected chi connectivity index (χ4v) is 4.44. The van der Waals surface area contributed by atoms with Gasteiger partial charge in [-0.25, -0.2) is 17.8 Å². The zero-order valence-electron chi connectivity index (χ0n) is 14.6. The molecule has 0 amide bonds. The topological polar surface area (TPSA) is 64.0 Å². The first kappa shape index (κ1) is 18.6. The van der Waals surface area contributed by atoms with Gasteiger partial charge in [-0.2, -0.15) is 5.10 Å². The molecule has 0 radical (unpaired) electrons. The lowest BCUT2D eigenvalue weighted by Crippen LogP contribution is -2.27. The van der Waals surface area contributed by atoms with E-state index in [1.54, 1.807) is 42.8 Å². The van der Waals surface area contributed by atoms with Crippen molar-refractivity contribution in [2.24, 2.45) is 0 Å². The van der Waals surface area contributed by atoms with Crippen molar-refractivity contribution in [3.8, 4) is 5.69 Å². The Kier molecular flexibility index (Phi) is 5.46. The summed E-state index contributed by atoms with van der Waals surface area (Å²) < 4.78 is 29.9. The normalized spacial score (nSPS) is 11.7. The Balaban J connectivity index is 1.82. The van der Waals surface area contributed by atoms with E-state index in [0.717, 1.165) is 11.3 Å². The smallest absolute Gasteiger partial charge is 0.236 e. The summed E-state index contributed by atoms with van der Waals surface area (Å²) in [7, 11) is -3.65. The van der Waals surface area contributed by atoms with Crippen LogP contribution in [0.5, 0.6) is 0 Å². The van der Waals surface area contributed by atoms with Crippen LogP contribution in [0.15, 0.2) is 59.5 Å². The minimum Gasteiger partial charge on any atom is -0.236 e. The Morgan fingerprint density at radius 2 is 1.69 bits per heavy atom. The monoisotopic (exact) mass is 389 g/mol. The van der Waals surface area contributed by atoms with Gasteiger partial charge in [0.1, 0.15) is 4.90 Å². The molecule has 0 aliphatic heterocycles. The highest BCUT2D eigenvalue weighted by Crippen LogP contribution is 2.23. The van der Waals surface area contributed by atoms with Crippen LogP contribution < -0.4 is 4.72 Å². The van der Waals surface area contributed by atoms with Crippen LogP contribution in [0.1, 0.15) is 17.0 Å². The number of aromatic nitrogens is 2. The number of halogens is 1. The molecule has 7 heteroatoms. The van der Waals surface area contributed by atoms with E-state index in [2.05, 4.69) is 9.82 Å². The van der Waals surface area contributed by atoms with Crippen molar-refractivity contribution in [2.75, 3.05) is 6.54 Å². The van der Waals surface area contributed by atoms with Crippen LogP contribution in [0.4, 0.5) is 0 Å². The molecule has 0 spiro atoms. The molecule has 1 aromatic heterocycles. The van der Waals surface area contributed by atoms with Crippen LogP contribution in [0.2, 0.25) is 5.02 Å². The second kappa shape index (κ2) is 7.61. The molecule has 0 bridgehead atoms. The highest BCUT2D eigenvalue weighted by Gasteiger charge is 2.24. The maximum absolute atomic E-state index is 12.8. The molecule has 0 unspecified atom stereocenters. The van der Waals surface area contributed by atoms with E-state index in [1.807, 2.05) is 30.3 Å². The van der Waals surface area contributed by atoms with Gasteiger partial charge >= 0.3 is 0 Å². The quantitative estimate of drug-likeness (QED) is 0.699. The molecule has 3 aromatic rings. The Hall–Kier alpha value is -2.15. The number of nitrogens with zero attached hydrogens (tertiary/aromatic N) is 2. The van der Waals surface area contributed by atoms with Gasteiger partial charge in [-0.1, -0.05) is 41.9 Å². The van der Waals surface area contributed by atoms with Gasteiger partial charge in [0.2, 0.25) is 10.0 Å². The van der Waals surface area contributed by atoms with Crippen molar-refractivity contribution in [3.63, 3.8) is 0 Å². The molecule has 3 rings (SSSR count). The molecule has 2 aromatic carbocycles. The maximum Gasteiger partial charge on any atom is 0.244 e. The number of hydrogen-bond donors (Lipinski definition) is 1. The third kappa shape index (κ3) is 3.98. The lowest BCUT2D eigenvalue weighted by atomic mass is 10.2. The average molecular weight is 390 g/mol. The highest BCUT2D eigenvalue weighted by atomic mass is 35.5. The zero-order valence-corrected chi connectivity index (χ0v) is 16.2. The minimum atomic E-state index is -3.65. The van der Waals surface area contributed by atoms with Crippen LogP contribution >= 0.6 is 11.6 Å². The van der Waals surface area contributed by atoms with Crippen LogP contribution in [0.3, 0.4) is 0 Å². The van der Waals surface area contributed by atoms with E-state index >= 15 is 0 Å². The van der Waals surface area contributed by atoms with Crippen LogP contribution in [-0.2, 0) is 16.4 Å². The zero-order chi connectivity index (χ0) is 18.7. The largest absolute Gasteiger partial charge is 0.244 e. The standard InChI is InChI=1S/C19H20ClN3O2S/c1-14-19(15(2)23(22-14)18-10-8-17(20)9-11-18)26(24,25)21-13-12-16-6-4-3-5-7-16/h3-11,21H,12-13H2,1-2H3. The van der Waals surface area contributed by atoms with Crippen LogP contribution in [0.25, 0.3) is 5.69 Å². The lowest BCUT2D eigenvalue weighted by Gasteiger charge is -2.08. The average Bonchev–Trinajstić information content (AvgIpc) is 2.91. The molecule has 0 aliphatic carbocycles. The Labute approximate surface area is 158 Å². The summed E-state index contributed by atoms with van der Waals surface area (Å²) >= 11 is 5.92. The lowest BCUT2D eigenvalue weighted by molar-refractivity contribution is 0.580. The molecule has 26 heavy (non-hydrogen) atoms. The molecule has 0 fully saturated rings. The van der Waals surface area contributed by atoms with Gasteiger partial charge in [-0.05, 0) is 50.1 Å². The van der Waals surface area contributed by atoms with E-state index < -0.39 is 10.0 Å². The number of benzene rings is 2. The van der Waals surface area contributed by atoms with E-state index in [9.17, 15) is 8.42 Å². The predicted molar refractivity (Wildman–Crippen MR) is 103 cm³/mol. The first-order valence-electron chi connectivity index (χ1n) is 8.24. The van der Waals surface area contributed by atoms with Crippen molar-refractivity contribution in [3.05, 3.63) is 76.6 Å². The van der Waals surface area contributed by atoms with Gasteiger partial charge in [0.15, 0.2) is 0 Å². The second-order valence-electron chi connectivity index (χ2n) is 6.02. The summed E-state index contributed by atoms with van der Waals surface area (Å²) in [6, 6.07) is 16.9. The predicted octanol–water partition coefficient (Wildman–Crippen LogP) is 3.66. The Morgan fingerprint density at radius 1 is 1.04 bits per heavy atom. The first-order chi connectivity index (χ1) is 12.4. The van der Waals surface area contributed by atoms with Gasteiger partial charge in [0.25, 0.3) is 0 Å². The van der Waals surface area contributed by atoms with E-state index in [4.69, 9.17) is 11.6 Å². The van der Waals surface area contributed by atoms with Crippen molar-refractivity contribution in [1.82, 2.24) is 14.5 Å². The summed E-state index contributed by atoms with van der Waals surface area (Å²) in [5.74, 6) is 0. The van der Waals surface area contributed by atoms with Gasteiger partial charge in [0.05, 0.1) is 17.1 Å². The fraction of sp³-hybridized carbons (Fsp3) is 0.211. The SMILES string of the molecule is Cc1nn(-c2ccc(Cl)cc2)c(C)c1S(=O)(=O)NCCc1ccccc1. The molecule has 0 saturated heterocycles. The summed E-state index contributed by atoms with van der Waals surface area (Å²) in [5, 5.41) is 5.01. The molecule has 0 saturated carbocycles. The van der Waals surface area contributed by atoms with Gasteiger partial charge in [0, 0.05) is 11.6 Å². The van der Waals surface area contributed by atoms with Crippen molar-refractivity contribution >= 4 is 21.6 Å². The third-order valence-corrected chi connectivity index (χ3v) is 6.08. The molecule has 0 atom stereocenters. The number of rotatable bonds is 6. The number of aryl methyl sites for hydroxylation is 1. The molecule has 136 valence electrons. The molecule has 5 nitrogen and oxygen atoms in total. The molecular formula is C19H20ClN3O2S. The minimum absolute atomic E-state index is 0.223. The third-order valence-electron chi connectivity index (χ3n) is 4.11. The molecular weight excluding hydrogens is 370 g/mol. The van der Waals surface area contributed by atoms with Crippen molar-refractivity contribution in [1.29, 1.82) is 0 Å². The van der Waals surface area contributed by atoms with E-state index in [1.165, 1.54) is 0 Å². The number of sulfonamides is 1. The van der Waals surface area contributed by atoms with Gasteiger partial charge in [-0.15, -0.1) is 0 Å². The fourth-order valence-electron chi connectivity index (χ4n) is 2.90. The van der Waals surface area contributed by atoms with E-state index in [0.29, 0.717) is 29.4 Å². The number of hydrogen-bond acceptors (Lipinski definition) is 3. The Morgan fingerprint density at radius 3 is 2.35 bits per heavy atom. The van der Waals surface area contributed by atoms with Gasteiger partial charge < -0.3 is 0 Å². The van der Waals surface area contributed by atoms with Crippen LogP contribution in [0, 0.1) is 13.8 Å². The molecule has 1 N–H and O–H groups in total. The van der Waals surface area contributed by atoms with Crippen LogP contribution in [-0.4, -0.2) is 24.7 Å². The summed E-state index contributed by atoms with van der Waals surface area (Å²) in [4.78, 5) is 0.223. The summed E-state index contributed by atoms with van der Waals surface area (Å²) in [6.45, 7) is 3.78. The maximum atomic E-state index is 12.8. The van der Waals surface area contributed by atoms with Gasteiger partial charge in [-0.3, -0.25) is 0 Å². The summed E-state index contributed by atoms with van der Waals surface area (Å²) in [5.41, 5.74) is 2.88. The summed E-state index contributed by atoms with van der Waals surface area (Å²) in [6.07, 6.45) is 0.628. The van der Waals surface area contributed by atoms with E-state index in [-0.39, 0.29) is 4.90 Å². The Bertz CT molecular complexity index is 997. The van der Waals surface area contributed by atoms with Crippen molar-refractivity contribution in [2.45, 2.75) is 25.2 Å². The molecule has 1 heterocycles. The highest BCUT2D eigenvalue weighted by molar-refractivity contribution is 7.89. The number of nitrogens with one attached hydrogen (secondary N) is 1. The first-order valence-corrected chi connectivity index (χ1v) is 10.1.